The summed E-state index contributed by atoms with van der Waals surface area (Å²) in [7, 11) is 0. The summed E-state index contributed by atoms with van der Waals surface area (Å²) in [5.74, 6) is 3.13. The molecule has 5 rings (SSSR count). The number of benzene rings is 1. The van der Waals surface area contributed by atoms with Gasteiger partial charge in [0.05, 0.1) is 0 Å². The van der Waals surface area contributed by atoms with E-state index < -0.39 is 0 Å². The number of unbranched alkanes of at least 4 members (excludes halogenated alkanes) is 1. The van der Waals surface area contributed by atoms with Crippen LogP contribution in [0.15, 0.2) is 24.3 Å². The molecule has 0 heterocycles. The molecule has 4 fully saturated rings. The summed E-state index contributed by atoms with van der Waals surface area (Å²) in [6.45, 7) is 2.28. The first-order valence-electron chi connectivity index (χ1n) is 8.72. The summed E-state index contributed by atoms with van der Waals surface area (Å²) >= 11 is 0. The summed E-state index contributed by atoms with van der Waals surface area (Å²) in [4.78, 5) is 0. The Morgan fingerprint density at radius 1 is 1.00 bits per heavy atom. The van der Waals surface area contributed by atoms with Gasteiger partial charge in [0.25, 0.3) is 0 Å². The van der Waals surface area contributed by atoms with Crippen molar-refractivity contribution in [2.45, 2.75) is 63.7 Å². The van der Waals surface area contributed by atoms with Crippen LogP contribution in [0.4, 0.5) is 0 Å². The number of hydrogen-bond acceptors (Lipinski definition) is 0. The fraction of sp³-hybridized carbons (Fsp3) is 0.650. The first-order chi connectivity index (χ1) is 9.79. The fourth-order valence-corrected chi connectivity index (χ4v) is 5.90. The van der Waals surface area contributed by atoms with Crippen LogP contribution in [-0.4, -0.2) is 0 Å². The van der Waals surface area contributed by atoms with E-state index >= 15 is 0 Å². The van der Waals surface area contributed by atoms with Crippen molar-refractivity contribution in [1.29, 1.82) is 0 Å². The van der Waals surface area contributed by atoms with Gasteiger partial charge in [-0.25, -0.2) is 0 Å². The highest BCUT2D eigenvalue weighted by molar-refractivity contribution is 5.40. The van der Waals surface area contributed by atoms with Crippen LogP contribution in [0.2, 0.25) is 0 Å². The van der Waals surface area contributed by atoms with Gasteiger partial charge in [0.1, 0.15) is 0 Å². The molecule has 0 aromatic heterocycles. The molecule has 0 spiro atoms. The van der Waals surface area contributed by atoms with Crippen molar-refractivity contribution in [3.8, 4) is 0 Å². The number of hydrogen-bond donors (Lipinski definition) is 0. The Labute approximate surface area is 124 Å². The van der Waals surface area contributed by atoms with Crippen molar-refractivity contribution < 1.29 is 0 Å². The monoisotopic (exact) mass is 267 g/mol. The Kier molecular flexibility index (Phi) is 3.16. The minimum atomic E-state index is 0.551. The lowest BCUT2D eigenvalue weighted by Gasteiger charge is -2.57. The minimum Gasteiger partial charge on any atom is -0.0654 e. The Morgan fingerprint density at radius 2 is 1.60 bits per heavy atom. The molecule has 0 amide bonds. The van der Waals surface area contributed by atoms with Crippen LogP contribution >= 0.6 is 0 Å². The lowest BCUT2D eigenvalue weighted by atomic mass is 9.47. The van der Waals surface area contributed by atoms with Crippen molar-refractivity contribution >= 4 is 0 Å². The highest BCUT2D eigenvalue weighted by Crippen LogP contribution is 2.61. The first kappa shape index (κ1) is 12.9. The van der Waals surface area contributed by atoms with Crippen molar-refractivity contribution in [3.05, 3.63) is 41.8 Å². The molecule has 0 unspecified atom stereocenters. The van der Waals surface area contributed by atoms with E-state index in [-0.39, 0.29) is 0 Å². The maximum Gasteiger partial charge on any atom is -0.00362 e. The highest BCUT2D eigenvalue weighted by Gasteiger charge is 2.51. The molecule has 0 heteroatoms. The molecule has 0 atom stereocenters. The molecule has 0 saturated heterocycles. The molecular formula is C20H27. The molecule has 20 heavy (non-hydrogen) atoms. The van der Waals surface area contributed by atoms with Gasteiger partial charge in [0, 0.05) is 0 Å². The summed E-state index contributed by atoms with van der Waals surface area (Å²) in [6.07, 6.45) is 14.1. The van der Waals surface area contributed by atoms with E-state index in [1.807, 2.05) is 0 Å². The molecule has 4 aliphatic rings. The second-order valence-electron chi connectivity index (χ2n) is 7.78. The van der Waals surface area contributed by atoms with Crippen LogP contribution < -0.4 is 0 Å². The van der Waals surface area contributed by atoms with Crippen molar-refractivity contribution in [1.82, 2.24) is 0 Å². The lowest BCUT2D eigenvalue weighted by Crippen LogP contribution is -2.48. The van der Waals surface area contributed by atoms with E-state index in [0.717, 1.165) is 17.8 Å². The third kappa shape index (κ3) is 2.03. The molecule has 4 aliphatic carbocycles. The zero-order valence-corrected chi connectivity index (χ0v) is 12.8. The molecule has 0 nitrogen and oxygen atoms in total. The van der Waals surface area contributed by atoms with Crippen molar-refractivity contribution in [2.24, 2.45) is 17.8 Å². The standard InChI is InChI=1S/C20H27/c1-2-3-6-18-7-4-5-8-19(18)20-12-15-9-16(13-20)11-17(10-15)14-20/h4-8,15-17H,2-3,9-14H2,1H3. The van der Waals surface area contributed by atoms with E-state index in [0.29, 0.717) is 5.41 Å². The van der Waals surface area contributed by atoms with Gasteiger partial charge in [-0.1, -0.05) is 37.6 Å². The average Bonchev–Trinajstić information content (AvgIpc) is 2.44. The smallest absolute Gasteiger partial charge is 0.00362 e. The predicted molar refractivity (Wildman–Crippen MR) is 84.6 cm³/mol. The Morgan fingerprint density at radius 3 is 2.20 bits per heavy atom. The van der Waals surface area contributed by atoms with E-state index in [9.17, 15) is 0 Å². The predicted octanol–water partition coefficient (Wildman–Crippen LogP) is 5.51. The summed E-state index contributed by atoms with van der Waals surface area (Å²) < 4.78 is 0. The third-order valence-corrected chi connectivity index (χ3v) is 6.22. The van der Waals surface area contributed by atoms with Gasteiger partial charge >= 0.3 is 0 Å². The van der Waals surface area contributed by atoms with Gasteiger partial charge < -0.3 is 0 Å². The molecule has 4 bridgehead atoms. The second-order valence-corrected chi connectivity index (χ2v) is 7.78. The third-order valence-electron chi connectivity index (χ3n) is 6.22. The van der Waals surface area contributed by atoms with Gasteiger partial charge in [-0.15, -0.1) is 0 Å². The summed E-state index contributed by atoms with van der Waals surface area (Å²) in [5.41, 5.74) is 3.80. The van der Waals surface area contributed by atoms with E-state index in [1.54, 1.807) is 30.4 Å². The topological polar surface area (TPSA) is 0 Å². The maximum atomic E-state index is 2.49. The second kappa shape index (κ2) is 4.90. The van der Waals surface area contributed by atoms with E-state index in [2.05, 4.69) is 37.6 Å². The normalized spacial score (nSPS) is 38.4. The van der Waals surface area contributed by atoms with Gasteiger partial charge in [-0.05, 0) is 85.7 Å². The fourth-order valence-electron chi connectivity index (χ4n) is 5.90. The zero-order chi connectivity index (χ0) is 13.6. The summed E-state index contributed by atoms with van der Waals surface area (Å²) in [6, 6.07) is 9.32. The van der Waals surface area contributed by atoms with Crippen molar-refractivity contribution in [2.75, 3.05) is 0 Å². The van der Waals surface area contributed by atoms with E-state index in [4.69, 9.17) is 0 Å². The van der Waals surface area contributed by atoms with Crippen LogP contribution in [0.3, 0.4) is 0 Å². The number of rotatable bonds is 4. The largest absolute Gasteiger partial charge is 0.0654 e. The van der Waals surface area contributed by atoms with Crippen LogP contribution in [0.5, 0.6) is 0 Å². The zero-order valence-electron chi connectivity index (χ0n) is 12.8. The van der Waals surface area contributed by atoms with E-state index in [1.165, 1.54) is 32.1 Å². The van der Waals surface area contributed by atoms with Gasteiger partial charge in [0.15, 0.2) is 0 Å². The first-order valence-corrected chi connectivity index (χ1v) is 8.72. The Bertz CT molecular complexity index is 449. The SMILES string of the molecule is CCC[CH]c1ccccc1C12CC3CC(CC(C3)C1)C2. The molecule has 1 aromatic carbocycles. The molecule has 4 saturated carbocycles. The lowest BCUT2D eigenvalue weighted by molar-refractivity contribution is -0.00541. The van der Waals surface area contributed by atoms with Gasteiger partial charge in [0.2, 0.25) is 0 Å². The molecule has 107 valence electrons. The quantitative estimate of drug-likeness (QED) is 0.675. The maximum absolute atomic E-state index is 2.49. The summed E-state index contributed by atoms with van der Waals surface area (Å²) in [5, 5.41) is 0. The van der Waals surface area contributed by atoms with Crippen LogP contribution in [0, 0.1) is 24.2 Å². The molecule has 0 N–H and O–H groups in total. The molecular weight excluding hydrogens is 240 g/mol. The van der Waals surface area contributed by atoms with Gasteiger partial charge in [-0.3, -0.25) is 0 Å². The highest BCUT2D eigenvalue weighted by atomic mass is 14.6. The molecule has 1 aromatic rings. The minimum absolute atomic E-state index is 0.551. The van der Waals surface area contributed by atoms with Crippen LogP contribution in [-0.2, 0) is 5.41 Å². The molecule has 0 aliphatic heterocycles. The Balaban J connectivity index is 1.70. The van der Waals surface area contributed by atoms with Gasteiger partial charge in [-0.2, -0.15) is 0 Å². The molecule has 1 radical (unpaired) electrons. The Hall–Kier alpha value is -0.780. The van der Waals surface area contributed by atoms with Crippen LogP contribution in [0.25, 0.3) is 0 Å². The average molecular weight is 267 g/mol. The van der Waals surface area contributed by atoms with Crippen LogP contribution in [0.1, 0.15) is 69.4 Å². The van der Waals surface area contributed by atoms with Crippen molar-refractivity contribution in [3.63, 3.8) is 0 Å².